The van der Waals surface area contributed by atoms with Crippen LogP contribution in [0.2, 0.25) is 5.02 Å². The first-order valence-corrected chi connectivity index (χ1v) is 11.6. The van der Waals surface area contributed by atoms with Crippen molar-refractivity contribution < 1.29 is 4.39 Å². The van der Waals surface area contributed by atoms with Gasteiger partial charge in [0.05, 0.1) is 22.6 Å². The second kappa shape index (κ2) is 9.44. The maximum absolute atomic E-state index is 13.3. The van der Waals surface area contributed by atoms with Gasteiger partial charge in [0.2, 0.25) is 0 Å². The van der Waals surface area contributed by atoms with Crippen molar-refractivity contribution in [3.05, 3.63) is 112 Å². The van der Waals surface area contributed by atoms with E-state index in [4.69, 9.17) is 16.7 Å². The highest BCUT2D eigenvalue weighted by Gasteiger charge is 2.15. The number of rotatable bonds is 5. The van der Waals surface area contributed by atoms with Crippen LogP contribution < -0.4 is 0 Å². The molecule has 0 spiro atoms. The van der Waals surface area contributed by atoms with E-state index in [0.717, 1.165) is 28.1 Å². The first-order valence-electron chi connectivity index (χ1n) is 10.4. The Morgan fingerprint density at radius 1 is 0.971 bits per heavy atom. The van der Waals surface area contributed by atoms with E-state index in [1.165, 1.54) is 23.5 Å². The first-order chi connectivity index (χ1) is 16.6. The van der Waals surface area contributed by atoms with E-state index in [-0.39, 0.29) is 5.82 Å². The van der Waals surface area contributed by atoms with Crippen molar-refractivity contribution in [2.24, 2.45) is 0 Å². The largest absolute Gasteiger partial charge is 0.240 e. The Labute approximate surface area is 204 Å². The number of halogens is 2. The Kier molecular flexibility index (Phi) is 6.05. The van der Waals surface area contributed by atoms with Crippen molar-refractivity contribution in [1.29, 1.82) is 5.26 Å². The third-order valence-electron chi connectivity index (χ3n) is 5.18. The van der Waals surface area contributed by atoms with Crippen LogP contribution >= 0.6 is 22.9 Å². The molecular weight excluding hydrogens is 467 g/mol. The lowest BCUT2D eigenvalue weighted by Crippen LogP contribution is -1.93. The molecule has 0 aliphatic rings. The standard InChI is InChI=1S/C27H16ClFN4S/c28-22-10-6-19(7-11-22)26-21(16-33(32-26)24-4-2-1-3-5-24)14-20(15-30)27-31-25(17-34-27)18-8-12-23(29)13-9-18/h1-14,16-17H. The highest BCUT2D eigenvalue weighted by molar-refractivity contribution is 7.11. The van der Waals surface area contributed by atoms with Crippen LogP contribution in [-0.4, -0.2) is 14.8 Å². The number of para-hydroxylation sites is 1. The number of benzene rings is 3. The van der Waals surface area contributed by atoms with Gasteiger partial charge < -0.3 is 0 Å². The molecule has 3 aromatic carbocycles. The minimum atomic E-state index is -0.304. The van der Waals surface area contributed by atoms with E-state index < -0.39 is 0 Å². The average Bonchev–Trinajstić information content (AvgIpc) is 3.52. The van der Waals surface area contributed by atoms with Gasteiger partial charge in [-0.15, -0.1) is 11.3 Å². The molecule has 0 saturated carbocycles. The van der Waals surface area contributed by atoms with Gasteiger partial charge in [0, 0.05) is 33.3 Å². The van der Waals surface area contributed by atoms with Gasteiger partial charge in [0.25, 0.3) is 0 Å². The number of nitrogens with zero attached hydrogens (tertiary/aromatic N) is 4. The summed E-state index contributed by atoms with van der Waals surface area (Å²) in [7, 11) is 0. The van der Waals surface area contributed by atoms with Gasteiger partial charge in [-0.05, 0) is 54.6 Å². The number of aromatic nitrogens is 3. The van der Waals surface area contributed by atoms with E-state index in [0.29, 0.717) is 21.3 Å². The fourth-order valence-electron chi connectivity index (χ4n) is 3.49. The van der Waals surface area contributed by atoms with E-state index in [2.05, 4.69) is 11.1 Å². The van der Waals surface area contributed by atoms with Gasteiger partial charge >= 0.3 is 0 Å². The van der Waals surface area contributed by atoms with E-state index in [9.17, 15) is 9.65 Å². The maximum Gasteiger partial charge on any atom is 0.134 e. The molecule has 0 amide bonds. The van der Waals surface area contributed by atoms with Crippen LogP contribution in [0.4, 0.5) is 4.39 Å². The molecule has 2 aromatic heterocycles. The van der Waals surface area contributed by atoms with Crippen LogP contribution in [-0.2, 0) is 0 Å². The van der Waals surface area contributed by atoms with Gasteiger partial charge in [0.15, 0.2) is 0 Å². The molecule has 0 radical (unpaired) electrons. The number of hydrogen-bond donors (Lipinski definition) is 0. The minimum Gasteiger partial charge on any atom is -0.240 e. The number of nitriles is 1. The van der Waals surface area contributed by atoms with Crippen molar-refractivity contribution in [1.82, 2.24) is 14.8 Å². The van der Waals surface area contributed by atoms with Crippen molar-refractivity contribution >= 4 is 34.6 Å². The van der Waals surface area contributed by atoms with Gasteiger partial charge in [-0.1, -0.05) is 41.9 Å². The fourth-order valence-corrected chi connectivity index (χ4v) is 4.41. The van der Waals surface area contributed by atoms with Gasteiger partial charge in [-0.25, -0.2) is 14.1 Å². The van der Waals surface area contributed by atoms with Crippen LogP contribution in [0.15, 0.2) is 90.4 Å². The number of allylic oxidation sites excluding steroid dienone is 1. The lowest BCUT2D eigenvalue weighted by atomic mass is 10.1. The molecule has 0 bridgehead atoms. The smallest absolute Gasteiger partial charge is 0.134 e. The highest BCUT2D eigenvalue weighted by atomic mass is 35.5. The normalized spacial score (nSPS) is 11.4. The van der Waals surface area contributed by atoms with Crippen LogP contribution in [0.5, 0.6) is 0 Å². The fraction of sp³-hybridized carbons (Fsp3) is 0. The monoisotopic (exact) mass is 482 g/mol. The molecule has 164 valence electrons. The molecule has 5 aromatic rings. The third kappa shape index (κ3) is 4.53. The average molecular weight is 483 g/mol. The summed E-state index contributed by atoms with van der Waals surface area (Å²) in [5, 5.41) is 17.8. The zero-order chi connectivity index (χ0) is 23.5. The van der Waals surface area contributed by atoms with Crippen molar-refractivity contribution in [3.8, 4) is 34.3 Å². The topological polar surface area (TPSA) is 54.5 Å². The summed E-state index contributed by atoms with van der Waals surface area (Å²) in [6, 6.07) is 25.6. The number of hydrogen-bond acceptors (Lipinski definition) is 4. The van der Waals surface area contributed by atoms with Crippen molar-refractivity contribution in [2.45, 2.75) is 0 Å². The lowest BCUT2D eigenvalue weighted by Gasteiger charge is -2.01. The summed E-state index contributed by atoms with van der Waals surface area (Å²) in [6.45, 7) is 0. The SMILES string of the molecule is N#CC(=Cc1cn(-c2ccccc2)nc1-c1ccc(Cl)cc1)c1nc(-c2ccc(F)cc2)cs1. The quantitative estimate of drug-likeness (QED) is 0.243. The molecule has 2 heterocycles. The Balaban J connectivity index is 1.58. The van der Waals surface area contributed by atoms with Crippen molar-refractivity contribution in [3.63, 3.8) is 0 Å². The molecule has 0 saturated heterocycles. The van der Waals surface area contributed by atoms with E-state index in [1.807, 2.05) is 66.2 Å². The predicted molar refractivity (Wildman–Crippen MR) is 135 cm³/mol. The summed E-state index contributed by atoms with van der Waals surface area (Å²) in [5.74, 6) is -0.304. The predicted octanol–water partition coefficient (Wildman–Crippen LogP) is 7.52. The molecule has 0 N–H and O–H groups in total. The Bertz CT molecular complexity index is 1510. The van der Waals surface area contributed by atoms with E-state index >= 15 is 0 Å². The molecule has 0 atom stereocenters. The molecule has 0 aliphatic heterocycles. The first kappa shape index (κ1) is 21.8. The molecule has 34 heavy (non-hydrogen) atoms. The Hall–Kier alpha value is -4.05. The molecule has 4 nitrogen and oxygen atoms in total. The summed E-state index contributed by atoms with van der Waals surface area (Å²) >= 11 is 7.45. The zero-order valence-corrected chi connectivity index (χ0v) is 19.3. The van der Waals surface area contributed by atoms with Crippen LogP contribution in [0, 0.1) is 17.1 Å². The Morgan fingerprint density at radius 2 is 1.68 bits per heavy atom. The Morgan fingerprint density at radius 3 is 2.38 bits per heavy atom. The van der Waals surface area contributed by atoms with E-state index in [1.54, 1.807) is 22.9 Å². The summed E-state index contributed by atoms with van der Waals surface area (Å²) in [5.41, 5.74) is 5.20. The second-order valence-electron chi connectivity index (χ2n) is 7.43. The van der Waals surface area contributed by atoms with Gasteiger partial charge in [-0.3, -0.25) is 0 Å². The zero-order valence-electron chi connectivity index (χ0n) is 17.7. The van der Waals surface area contributed by atoms with Gasteiger partial charge in [0.1, 0.15) is 16.9 Å². The van der Waals surface area contributed by atoms with Gasteiger partial charge in [-0.2, -0.15) is 10.4 Å². The number of thiazole rings is 1. The lowest BCUT2D eigenvalue weighted by molar-refractivity contribution is 0.628. The van der Waals surface area contributed by atoms with Crippen LogP contribution in [0.25, 0.3) is 39.9 Å². The van der Waals surface area contributed by atoms with Crippen LogP contribution in [0.1, 0.15) is 10.6 Å². The molecule has 7 heteroatoms. The molecule has 0 aliphatic carbocycles. The molecule has 5 rings (SSSR count). The second-order valence-corrected chi connectivity index (χ2v) is 8.73. The molecule has 0 fully saturated rings. The third-order valence-corrected chi connectivity index (χ3v) is 6.30. The maximum atomic E-state index is 13.3. The molecule has 0 unspecified atom stereocenters. The summed E-state index contributed by atoms with van der Waals surface area (Å²) < 4.78 is 15.1. The molecular formula is C27H16ClFN4S. The summed E-state index contributed by atoms with van der Waals surface area (Å²) in [6.07, 6.45) is 3.69. The van der Waals surface area contributed by atoms with Crippen molar-refractivity contribution in [2.75, 3.05) is 0 Å². The van der Waals surface area contributed by atoms with Crippen LogP contribution in [0.3, 0.4) is 0 Å². The summed E-state index contributed by atoms with van der Waals surface area (Å²) in [4.78, 5) is 4.62. The minimum absolute atomic E-state index is 0.304. The highest BCUT2D eigenvalue weighted by Crippen LogP contribution is 2.31.